The van der Waals surface area contributed by atoms with Crippen molar-refractivity contribution in [3.8, 4) is 0 Å². The first-order valence-electron chi connectivity index (χ1n) is 5.95. The Kier molecular flexibility index (Phi) is 3.17. The lowest BCUT2D eigenvalue weighted by atomic mass is 10.1. The van der Waals surface area contributed by atoms with Gasteiger partial charge in [0.2, 0.25) is 5.91 Å². The summed E-state index contributed by atoms with van der Waals surface area (Å²) < 4.78 is 0.977. The third-order valence-corrected chi connectivity index (χ3v) is 3.41. The third-order valence-electron chi connectivity index (χ3n) is 2.92. The second-order valence-electron chi connectivity index (χ2n) is 4.31. The van der Waals surface area contributed by atoms with E-state index in [-0.39, 0.29) is 12.3 Å². The second kappa shape index (κ2) is 4.97. The molecule has 0 fully saturated rings. The van der Waals surface area contributed by atoms with Crippen LogP contribution in [-0.2, 0) is 4.79 Å². The fourth-order valence-corrected chi connectivity index (χ4v) is 2.44. The summed E-state index contributed by atoms with van der Waals surface area (Å²) in [6, 6.07) is 15.4. The number of halogens is 1. The van der Waals surface area contributed by atoms with Gasteiger partial charge in [-0.05, 0) is 29.8 Å². The molecule has 94 valence electrons. The van der Waals surface area contributed by atoms with Crippen molar-refractivity contribution in [2.45, 2.75) is 6.42 Å². The molecule has 0 atom stereocenters. The summed E-state index contributed by atoms with van der Waals surface area (Å²) in [7, 11) is 0. The molecule has 0 saturated heterocycles. The van der Waals surface area contributed by atoms with Gasteiger partial charge >= 0.3 is 0 Å². The maximum atomic E-state index is 11.9. The summed E-state index contributed by atoms with van der Waals surface area (Å²) in [5, 5.41) is 2.87. The van der Waals surface area contributed by atoms with Crippen molar-refractivity contribution >= 4 is 38.9 Å². The van der Waals surface area contributed by atoms with Crippen molar-refractivity contribution in [2.24, 2.45) is 4.99 Å². The zero-order chi connectivity index (χ0) is 13.2. The van der Waals surface area contributed by atoms with E-state index in [4.69, 9.17) is 0 Å². The number of benzene rings is 2. The number of anilines is 1. The lowest BCUT2D eigenvalue weighted by Gasteiger charge is -2.03. The molecule has 1 N–H and O–H groups in total. The summed E-state index contributed by atoms with van der Waals surface area (Å²) in [5.41, 5.74) is 3.30. The van der Waals surface area contributed by atoms with E-state index in [1.54, 1.807) is 0 Å². The summed E-state index contributed by atoms with van der Waals surface area (Å²) >= 11 is 3.44. The molecular formula is C15H11BrN2O. The summed E-state index contributed by atoms with van der Waals surface area (Å²) in [6.45, 7) is 0. The number of para-hydroxylation sites is 2. The Hall–Kier alpha value is -1.94. The normalized spacial score (nSPS) is 14.2. The van der Waals surface area contributed by atoms with Gasteiger partial charge in [-0.15, -0.1) is 0 Å². The lowest BCUT2D eigenvalue weighted by molar-refractivity contribution is -0.115. The number of amides is 1. The van der Waals surface area contributed by atoms with E-state index < -0.39 is 0 Å². The molecule has 1 aliphatic rings. The number of fused-ring (bicyclic) bond motifs is 1. The van der Waals surface area contributed by atoms with E-state index >= 15 is 0 Å². The van der Waals surface area contributed by atoms with E-state index in [9.17, 15) is 4.79 Å². The van der Waals surface area contributed by atoms with Crippen molar-refractivity contribution in [1.82, 2.24) is 0 Å². The van der Waals surface area contributed by atoms with Crippen molar-refractivity contribution in [2.75, 3.05) is 5.32 Å². The number of hydrogen-bond acceptors (Lipinski definition) is 2. The number of aliphatic imine (C=N–C) groups is 1. The number of nitrogens with one attached hydrogen (secondary N) is 1. The SMILES string of the molecule is O=C1CC(c2cccc(Br)c2)=Nc2ccccc2N1. The zero-order valence-corrected chi connectivity index (χ0v) is 11.6. The summed E-state index contributed by atoms with van der Waals surface area (Å²) in [5.74, 6) is -0.0383. The molecule has 1 amide bonds. The molecule has 0 saturated carbocycles. The molecule has 1 aliphatic heterocycles. The third kappa shape index (κ3) is 2.58. The van der Waals surface area contributed by atoms with Gasteiger partial charge < -0.3 is 5.32 Å². The number of rotatable bonds is 1. The van der Waals surface area contributed by atoms with Gasteiger partial charge in [0.15, 0.2) is 0 Å². The molecule has 0 unspecified atom stereocenters. The zero-order valence-electron chi connectivity index (χ0n) is 10.1. The Labute approximate surface area is 119 Å². The van der Waals surface area contributed by atoms with Gasteiger partial charge in [-0.1, -0.05) is 40.2 Å². The predicted octanol–water partition coefficient (Wildman–Crippen LogP) is 3.91. The van der Waals surface area contributed by atoms with Gasteiger partial charge in [0, 0.05) is 4.47 Å². The molecule has 1 heterocycles. The summed E-state index contributed by atoms with van der Waals surface area (Å²) in [6.07, 6.45) is 0.283. The monoisotopic (exact) mass is 314 g/mol. The predicted molar refractivity (Wildman–Crippen MR) is 80.0 cm³/mol. The van der Waals surface area contributed by atoms with E-state index in [0.717, 1.165) is 27.1 Å². The minimum Gasteiger partial charge on any atom is -0.324 e. The van der Waals surface area contributed by atoms with Crippen LogP contribution in [0.2, 0.25) is 0 Å². The Morgan fingerprint density at radius 1 is 1.11 bits per heavy atom. The molecule has 2 aromatic rings. The largest absolute Gasteiger partial charge is 0.324 e. The van der Waals surface area contributed by atoms with Crippen LogP contribution in [0.3, 0.4) is 0 Å². The lowest BCUT2D eigenvalue weighted by Crippen LogP contribution is -2.14. The second-order valence-corrected chi connectivity index (χ2v) is 5.23. The molecule has 0 bridgehead atoms. The quantitative estimate of drug-likeness (QED) is 0.851. The average Bonchev–Trinajstić information content (AvgIpc) is 2.56. The Balaban J connectivity index is 2.11. The maximum absolute atomic E-state index is 11.9. The van der Waals surface area contributed by atoms with Crippen LogP contribution >= 0.6 is 15.9 Å². The fraction of sp³-hybridized carbons (Fsp3) is 0.0667. The highest BCUT2D eigenvalue weighted by atomic mass is 79.9. The van der Waals surface area contributed by atoms with Crippen LogP contribution in [0.4, 0.5) is 11.4 Å². The van der Waals surface area contributed by atoms with Crippen LogP contribution in [-0.4, -0.2) is 11.6 Å². The minimum atomic E-state index is -0.0383. The van der Waals surface area contributed by atoms with Gasteiger partial charge in [0.05, 0.1) is 23.5 Å². The van der Waals surface area contributed by atoms with Crippen molar-refractivity contribution < 1.29 is 4.79 Å². The molecule has 3 nitrogen and oxygen atoms in total. The van der Waals surface area contributed by atoms with Crippen LogP contribution in [0.25, 0.3) is 0 Å². The van der Waals surface area contributed by atoms with E-state index in [1.807, 2.05) is 48.5 Å². The van der Waals surface area contributed by atoms with E-state index in [1.165, 1.54) is 0 Å². The van der Waals surface area contributed by atoms with Crippen LogP contribution < -0.4 is 5.32 Å². The molecular weight excluding hydrogens is 304 g/mol. The first kappa shape index (κ1) is 12.1. The topological polar surface area (TPSA) is 41.5 Å². The van der Waals surface area contributed by atoms with Gasteiger partial charge in [0.25, 0.3) is 0 Å². The number of carbonyl (C=O) groups excluding carboxylic acids is 1. The highest BCUT2D eigenvalue weighted by Crippen LogP contribution is 2.28. The Morgan fingerprint density at radius 2 is 1.95 bits per heavy atom. The molecule has 0 spiro atoms. The Bertz CT molecular complexity index is 679. The smallest absolute Gasteiger partial charge is 0.230 e. The van der Waals surface area contributed by atoms with Gasteiger partial charge in [-0.2, -0.15) is 0 Å². The molecule has 2 aromatic carbocycles. The molecule has 3 rings (SSSR count). The van der Waals surface area contributed by atoms with E-state index in [0.29, 0.717) is 0 Å². The van der Waals surface area contributed by atoms with Gasteiger partial charge in [0.1, 0.15) is 0 Å². The maximum Gasteiger partial charge on any atom is 0.230 e. The van der Waals surface area contributed by atoms with E-state index in [2.05, 4.69) is 26.2 Å². The van der Waals surface area contributed by atoms with Crippen molar-refractivity contribution in [1.29, 1.82) is 0 Å². The molecule has 0 aliphatic carbocycles. The van der Waals surface area contributed by atoms with Crippen molar-refractivity contribution in [3.05, 3.63) is 58.6 Å². The highest BCUT2D eigenvalue weighted by Gasteiger charge is 2.16. The van der Waals surface area contributed by atoms with Crippen molar-refractivity contribution in [3.63, 3.8) is 0 Å². The number of carbonyl (C=O) groups is 1. The van der Waals surface area contributed by atoms with Crippen LogP contribution in [0.5, 0.6) is 0 Å². The van der Waals surface area contributed by atoms with Crippen LogP contribution in [0, 0.1) is 0 Å². The van der Waals surface area contributed by atoms with Crippen LogP contribution in [0.1, 0.15) is 12.0 Å². The summed E-state index contributed by atoms with van der Waals surface area (Å²) in [4.78, 5) is 16.5. The molecule has 4 heteroatoms. The molecule has 0 radical (unpaired) electrons. The number of hydrogen-bond donors (Lipinski definition) is 1. The first-order chi connectivity index (χ1) is 9.22. The first-order valence-corrected chi connectivity index (χ1v) is 6.74. The van der Waals surface area contributed by atoms with Gasteiger partial charge in [-0.25, -0.2) is 0 Å². The average molecular weight is 315 g/mol. The van der Waals surface area contributed by atoms with Crippen LogP contribution in [0.15, 0.2) is 58.0 Å². The highest BCUT2D eigenvalue weighted by molar-refractivity contribution is 9.10. The molecule has 0 aromatic heterocycles. The standard InChI is InChI=1S/C15H11BrN2O/c16-11-5-3-4-10(8-11)14-9-15(19)18-13-7-2-1-6-12(13)17-14/h1-8H,9H2,(H,18,19). The molecule has 19 heavy (non-hydrogen) atoms. The fourth-order valence-electron chi connectivity index (χ4n) is 2.04. The Morgan fingerprint density at radius 3 is 2.79 bits per heavy atom. The van der Waals surface area contributed by atoms with Gasteiger partial charge in [-0.3, -0.25) is 9.79 Å². The number of nitrogens with zero attached hydrogens (tertiary/aromatic N) is 1. The minimum absolute atomic E-state index is 0.0383.